The molecule has 3 aromatic rings. The summed E-state index contributed by atoms with van der Waals surface area (Å²) in [5.41, 5.74) is 3.18. The van der Waals surface area contributed by atoms with Crippen LogP contribution in [0.15, 0.2) is 54.7 Å². The van der Waals surface area contributed by atoms with E-state index in [4.69, 9.17) is 4.74 Å². The molecule has 0 unspecified atom stereocenters. The molecular weight excluding hydrogens is 360 g/mol. The number of amides is 1. The van der Waals surface area contributed by atoms with E-state index >= 15 is 0 Å². The van der Waals surface area contributed by atoms with Crippen LogP contribution in [-0.4, -0.2) is 30.5 Å². The maximum absolute atomic E-state index is 13.1. The third-order valence-electron chi connectivity index (χ3n) is 4.64. The number of fused-ring (bicyclic) bond motifs is 1. The minimum Gasteiger partial charge on any atom is -0.465 e. The van der Waals surface area contributed by atoms with E-state index in [1.54, 1.807) is 23.2 Å². The largest absolute Gasteiger partial charge is 0.465 e. The molecule has 0 saturated carbocycles. The first kappa shape index (κ1) is 17.4. The second-order valence-corrected chi connectivity index (χ2v) is 7.28. The molecule has 2 aromatic carbocycles. The summed E-state index contributed by atoms with van der Waals surface area (Å²) in [5.74, 6) is -0.456. The quantitative estimate of drug-likeness (QED) is 0.641. The number of benzene rings is 2. The molecule has 1 aromatic heterocycles. The van der Waals surface area contributed by atoms with Crippen molar-refractivity contribution < 1.29 is 14.3 Å². The smallest absolute Gasteiger partial charge is 0.338 e. The molecule has 0 saturated heterocycles. The SMILES string of the molecule is COC(=O)c1cccc2c1CCCN2C(=O)c1cnc(-c2ccccc2)s1. The van der Waals surface area contributed by atoms with Gasteiger partial charge in [-0.05, 0) is 30.5 Å². The number of rotatable bonds is 3. The first-order chi connectivity index (χ1) is 13.2. The second-order valence-electron chi connectivity index (χ2n) is 6.25. The van der Waals surface area contributed by atoms with Gasteiger partial charge in [-0.15, -0.1) is 11.3 Å². The van der Waals surface area contributed by atoms with Gasteiger partial charge < -0.3 is 9.64 Å². The van der Waals surface area contributed by atoms with Gasteiger partial charge in [-0.1, -0.05) is 36.4 Å². The van der Waals surface area contributed by atoms with E-state index in [-0.39, 0.29) is 11.9 Å². The minimum absolute atomic E-state index is 0.0855. The van der Waals surface area contributed by atoms with Crippen molar-refractivity contribution in [1.29, 1.82) is 0 Å². The Kier molecular flexibility index (Phi) is 4.73. The molecule has 0 atom stereocenters. The van der Waals surface area contributed by atoms with Gasteiger partial charge in [-0.3, -0.25) is 4.79 Å². The number of thiazole rings is 1. The van der Waals surface area contributed by atoms with Crippen molar-refractivity contribution in [3.05, 3.63) is 70.7 Å². The molecule has 5 nitrogen and oxygen atoms in total. The lowest BCUT2D eigenvalue weighted by molar-refractivity contribution is 0.0599. The molecule has 0 radical (unpaired) electrons. The molecule has 1 aliphatic rings. The van der Waals surface area contributed by atoms with E-state index in [0.717, 1.165) is 34.7 Å². The summed E-state index contributed by atoms with van der Waals surface area (Å²) in [5, 5.41) is 0.819. The van der Waals surface area contributed by atoms with Crippen LogP contribution in [0.2, 0.25) is 0 Å². The Hall–Kier alpha value is -2.99. The standard InChI is InChI=1S/C21H18N2O3S/c1-26-21(25)16-9-5-11-17-15(16)10-6-12-23(17)20(24)18-13-22-19(27-18)14-7-3-2-4-8-14/h2-5,7-9,11,13H,6,10,12H2,1H3. The van der Waals surface area contributed by atoms with Crippen molar-refractivity contribution in [2.45, 2.75) is 12.8 Å². The number of carbonyl (C=O) groups excluding carboxylic acids is 2. The number of hydrogen-bond acceptors (Lipinski definition) is 5. The molecule has 4 rings (SSSR count). The molecule has 2 heterocycles. The van der Waals surface area contributed by atoms with Crippen molar-refractivity contribution >= 4 is 28.9 Å². The molecule has 27 heavy (non-hydrogen) atoms. The van der Waals surface area contributed by atoms with Crippen molar-refractivity contribution in [1.82, 2.24) is 4.98 Å². The topological polar surface area (TPSA) is 59.5 Å². The molecule has 0 spiro atoms. The number of anilines is 1. The molecule has 6 heteroatoms. The molecule has 0 aliphatic carbocycles. The maximum atomic E-state index is 13.1. The van der Waals surface area contributed by atoms with Crippen molar-refractivity contribution in [2.24, 2.45) is 0 Å². The summed E-state index contributed by atoms with van der Waals surface area (Å²) in [4.78, 5) is 31.9. The average Bonchev–Trinajstić information content (AvgIpc) is 3.22. The Morgan fingerprint density at radius 3 is 2.70 bits per heavy atom. The van der Waals surface area contributed by atoms with Crippen LogP contribution in [0.1, 0.15) is 32.0 Å². The van der Waals surface area contributed by atoms with Gasteiger partial charge in [-0.2, -0.15) is 0 Å². The number of nitrogens with zero attached hydrogens (tertiary/aromatic N) is 2. The normalized spacial score (nSPS) is 13.1. The summed E-state index contributed by atoms with van der Waals surface area (Å²) in [6.07, 6.45) is 3.19. The maximum Gasteiger partial charge on any atom is 0.338 e. The summed E-state index contributed by atoms with van der Waals surface area (Å²) in [7, 11) is 1.37. The Morgan fingerprint density at radius 2 is 1.93 bits per heavy atom. The molecular formula is C21H18N2O3S. The number of esters is 1. The van der Waals surface area contributed by atoms with Gasteiger partial charge in [0.1, 0.15) is 9.88 Å². The number of methoxy groups -OCH3 is 1. The highest BCUT2D eigenvalue weighted by Gasteiger charge is 2.28. The molecule has 0 N–H and O–H groups in total. The Labute approximate surface area is 161 Å². The monoisotopic (exact) mass is 378 g/mol. The van der Waals surface area contributed by atoms with Crippen LogP contribution in [0.4, 0.5) is 5.69 Å². The average molecular weight is 378 g/mol. The zero-order chi connectivity index (χ0) is 18.8. The number of aromatic nitrogens is 1. The molecule has 1 aliphatic heterocycles. The lowest BCUT2D eigenvalue weighted by atomic mass is 9.96. The number of hydrogen-bond donors (Lipinski definition) is 0. The lowest BCUT2D eigenvalue weighted by Gasteiger charge is -2.30. The predicted molar refractivity (Wildman–Crippen MR) is 105 cm³/mol. The van der Waals surface area contributed by atoms with Gasteiger partial charge in [0.2, 0.25) is 0 Å². The molecule has 0 bridgehead atoms. The van der Waals surface area contributed by atoms with E-state index in [1.807, 2.05) is 36.4 Å². The zero-order valence-corrected chi connectivity index (χ0v) is 15.7. The predicted octanol–water partition coefficient (Wildman–Crippen LogP) is 4.19. The van der Waals surface area contributed by atoms with Crippen molar-refractivity contribution in [2.75, 3.05) is 18.6 Å². The van der Waals surface area contributed by atoms with Crippen LogP contribution in [0.25, 0.3) is 10.6 Å². The fourth-order valence-electron chi connectivity index (χ4n) is 3.36. The van der Waals surface area contributed by atoms with Crippen LogP contribution in [0.5, 0.6) is 0 Å². The van der Waals surface area contributed by atoms with E-state index < -0.39 is 0 Å². The summed E-state index contributed by atoms with van der Waals surface area (Å²) < 4.78 is 4.88. The highest BCUT2D eigenvalue weighted by molar-refractivity contribution is 7.17. The third kappa shape index (κ3) is 3.24. The van der Waals surface area contributed by atoms with Crippen molar-refractivity contribution in [3.63, 3.8) is 0 Å². The van der Waals surface area contributed by atoms with E-state index in [9.17, 15) is 9.59 Å². The first-order valence-electron chi connectivity index (χ1n) is 8.72. The third-order valence-corrected chi connectivity index (χ3v) is 5.67. The van der Waals surface area contributed by atoms with Crippen LogP contribution in [-0.2, 0) is 11.2 Å². The highest BCUT2D eigenvalue weighted by atomic mass is 32.1. The van der Waals surface area contributed by atoms with Gasteiger partial charge in [-0.25, -0.2) is 9.78 Å². The highest BCUT2D eigenvalue weighted by Crippen LogP contribution is 2.33. The Bertz CT molecular complexity index is 998. The van der Waals surface area contributed by atoms with Crippen LogP contribution in [0.3, 0.4) is 0 Å². The fourth-order valence-corrected chi connectivity index (χ4v) is 4.23. The van der Waals surface area contributed by atoms with E-state index in [0.29, 0.717) is 17.0 Å². The molecule has 1 amide bonds. The summed E-state index contributed by atoms with van der Waals surface area (Å²) in [6, 6.07) is 15.2. The Balaban J connectivity index is 1.67. The lowest BCUT2D eigenvalue weighted by Crippen LogP contribution is -2.35. The fraction of sp³-hybridized carbons (Fsp3) is 0.190. The van der Waals surface area contributed by atoms with Gasteiger partial charge in [0.05, 0.1) is 18.9 Å². The van der Waals surface area contributed by atoms with E-state index in [1.165, 1.54) is 18.4 Å². The summed E-state index contributed by atoms with van der Waals surface area (Å²) >= 11 is 1.38. The minimum atomic E-state index is -0.370. The number of ether oxygens (including phenoxy) is 1. The van der Waals surface area contributed by atoms with Crippen LogP contribution >= 0.6 is 11.3 Å². The molecule has 0 fully saturated rings. The van der Waals surface area contributed by atoms with Gasteiger partial charge >= 0.3 is 5.97 Å². The van der Waals surface area contributed by atoms with E-state index in [2.05, 4.69) is 4.98 Å². The number of carbonyl (C=O) groups is 2. The molecule has 136 valence electrons. The summed E-state index contributed by atoms with van der Waals surface area (Å²) in [6.45, 7) is 0.620. The van der Waals surface area contributed by atoms with Gasteiger partial charge in [0.15, 0.2) is 0 Å². The van der Waals surface area contributed by atoms with Gasteiger partial charge in [0.25, 0.3) is 5.91 Å². The zero-order valence-electron chi connectivity index (χ0n) is 14.8. The van der Waals surface area contributed by atoms with Crippen molar-refractivity contribution in [3.8, 4) is 10.6 Å². The van der Waals surface area contributed by atoms with Crippen LogP contribution < -0.4 is 4.90 Å². The first-order valence-corrected chi connectivity index (χ1v) is 9.54. The Morgan fingerprint density at radius 1 is 1.11 bits per heavy atom. The second kappa shape index (κ2) is 7.32. The van der Waals surface area contributed by atoms with Crippen LogP contribution in [0, 0.1) is 0 Å². The van der Waals surface area contributed by atoms with Gasteiger partial charge in [0, 0.05) is 17.8 Å².